The zero-order valence-corrected chi connectivity index (χ0v) is 16.1. The number of carbonyl (C=O) groups is 1. The van der Waals surface area contributed by atoms with Crippen molar-refractivity contribution in [3.63, 3.8) is 0 Å². The maximum atomic E-state index is 14.0. The summed E-state index contributed by atoms with van der Waals surface area (Å²) in [6, 6.07) is 3.17. The summed E-state index contributed by atoms with van der Waals surface area (Å²) in [5.74, 6) is -0.515. The number of aryl methyl sites for hydroxylation is 2. The number of nitrogens with zero attached hydrogens (tertiary/aromatic N) is 1. The van der Waals surface area contributed by atoms with Gasteiger partial charge in [-0.25, -0.2) is 22.5 Å². The molecule has 0 atom stereocenters. The van der Waals surface area contributed by atoms with Crippen molar-refractivity contribution in [2.24, 2.45) is 0 Å². The number of halogens is 1. The van der Waals surface area contributed by atoms with Crippen LogP contribution in [0.4, 0.5) is 4.39 Å². The Kier molecular flexibility index (Phi) is 5.52. The lowest BCUT2D eigenvalue weighted by Gasteiger charge is -2.20. The van der Waals surface area contributed by atoms with Crippen molar-refractivity contribution in [1.82, 2.24) is 15.0 Å². The van der Waals surface area contributed by atoms with Gasteiger partial charge in [0.1, 0.15) is 16.5 Å². The number of nitrogens with one attached hydrogen (secondary N) is 2. The molecule has 1 aromatic heterocycles. The van der Waals surface area contributed by atoms with Crippen molar-refractivity contribution in [2.75, 3.05) is 0 Å². The molecule has 142 valence electrons. The summed E-state index contributed by atoms with van der Waals surface area (Å²) >= 11 is 0. The highest BCUT2D eigenvalue weighted by Gasteiger charge is 2.26. The molecule has 0 saturated heterocycles. The standard InChI is InChI=1S/C17H22FN3O4S/c1-10-11(2)25-15(20-10)9-19-16(22)12-6-7-13(18)14(8-12)26(23,24)21-17(3,4)5/h6-8,21H,9H2,1-5H3,(H,19,22). The van der Waals surface area contributed by atoms with E-state index >= 15 is 0 Å². The van der Waals surface area contributed by atoms with Crippen molar-refractivity contribution in [3.05, 3.63) is 46.9 Å². The van der Waals surface area contributed by atoms with E-state index in [1.54, 1.807) is 34.6 Å². The van der Waals surface area contributed by atoms with E-state index in [9.17, 15) is 17.6 Å². The summed E-state index contributed by atoms with van der Waals surface area (Å²) in [5, 5.41) is 2.57. The van der Waals surface area contributed by atoms with Gasteiger partial charge in [0.15, 0.2) is 0 Å². The van der Waals surface area contributed by atoms with E-state index in [0.717, 1.165) is 17.8 Å². The Labute approximate surface area is 152 Å². The monoisotopic (exact) mass is 383 g/mol. The third kappa shape index (κ3) is 4.89. The number of aromatic nitrogens is 1. The quantitative estimate of drug-likeness (QED) is 0.826. The minimum Gasteiger partial charge on any atom is -0.444 e. The fourth-order valence-corrected chi connectivity index (χ4v) is 3.70. The zero-order valence-electron chi connectivity index (χ0n) is 15.3. The molecule has 7 nitrogen and oxygen atoms in total. The molecule has 0 saturated carbocycles. The van der Waals surface area contributed by atoms with Crippen LogP contribution in [0.2, 0.25) is 0 Å². The molecule has 0 spiro atoms. The van der Waals surface area contributed by atoms with Crippen LogP contribution >= 0.6 is 0 Å². The molecular formula is C17H22FN3O4S. The van der Waals surface area contributed by atoms with Crippen LogP contribution in [0.1, 0.15) is 48.5 Å². The third-order valence-electron chi connectivity index (χ3n) is 3.40. The Morgan fingerprint density at radius 1 is 1.27 bits per heavy atom. The Balaban J connectivity index is 2.21. The van der Waals surface area contributed by atoms with Gasteiger partial charge in [-0.3, -0.25) is 4.79 Å². The number of hydrogen-bond donors (Lipinski definition) is 2. The predicted octanol–water partition coefficient (Wildman–Crippen LogP) is 2.44. The van der Waals surface area contributed by atoms with Gasteiger partial charge in [0.25, 0.3) is 5.91 Å². The summed E-state index contributed by atoms with van der Waals surface area (Å²) in [6.45, 7) is 8.49. The molecular weight excluding hydrogens is 361 g/mol. The van der Waals surface area contributed by atoms with Crippen LogP contribution in [-0.2, 0) is 16.6 Å². The Morgan fingerprint density at radius 3 is 2.46 bits per heavy atom. The molecule has 2 N–H and O–H groups in total. The molecule has 1 heterocycles. The fourth-order valence-electron chi connectivity index (χ4n) is 2.18. The molecule has 0 bridgehead atoms. The number of amides is 1. The van der Waals surface area contributed by atoms with Crippen LogP contribution in [0.5, 0.6) is 0 Å². The van der Waals surface area contributed by atoms with Gasteiger partial charge in [-0.15, -0.1) is 0 Å². The molecule has 0 radical (unpaired) electrons. The molecule has 2 rings (SSSR count). The number of oxazole rings is 1. The van der Waals surface area contributed by atoms with Crippen LogP contribution in [-0.4, -0.2) is 24.8 Å². The minimum atomic E-state index is -4.11. The van der Waals surface area contributed by atoms with Crippen molar-refractivity contribution in [2.45, 2.75) is 51.6 Å². The smallest absolute Gasteiger partial charge is 0.251 e. The van der Waals surface area contributed by atoms with Gasteiger partial charge >= 0.3 is 0 Å². The minimum absolute atomic E-state index is 0.0145. The van der Waals surface area contributed by atoms with Gasteiger partial charge in [-0.05, 0) is 52.8 Å². The molecule has 0 fully saturated rings. The molecule has 1 amide bonds. The zero-order chi connectivity index (χ0) is 19.7. The van der Waals surface area contributed by atoms with E-state index in [1.165, 1.54) is 6.07 Å². The van der Waals surface area contributed by atoms with Crippen molar-refractivity contribution in [3.8, 4) is 0 Å². The predicted molar refractivity (Wildman–Crippen MR) is 93.6 cm³/mol. The van der Waals surface area contributed by atoms with Crippen LogP contribution in [0, 0.1) is 19.7 Å². The van der Waals surface area contributed by atoms with Gasteiger partial charge in [0.2, 0.25) is 15.9 Å². The number of carbonyl (C=O) groups excluding carboxylic acids is 1. The van der Waals surface area contributed by atoms with E-state index in [2.05, 4.69) is 15.0 Å². The first-order chi connectivity index (χ1) is 11.9. The number of rotatable bonds is 5. The van der Waals surface area contributed by atoms with E-state index in [-0.39, 0.29) is 12.1 Å². The maximum absolute atomic E-state index is 14.0. The van der Waals surface area contributed by atoms with Crippen molar-refractivity contribution >= 4 is 15.9 Å². The summed E-state index contributed by atoms with van der Waals surface area (Å²) < 4.78 is 46.5. The molecule has 0 aliphatic rings. The van der Waals surface area contributed by atoms with Crippen LogP contribution in [0.3, 0.4) is 0 Å². The van der Waals surface area contributed by atoms with Crippen molar-refractivity contribution in [1.29, 1.82) is 0 Å². The van der Waals surface area contributed by atoms with Gasteiger partial charge in [0.05, 0.1) is 12.2 Å². The van der Waals surface area contributed by atoms with Gasteiger partial charge < -0.3 is 9.73 Å². The first kappa shape index (κ1) is 20.1. The molecule has 0 aliphatic heterocycles. The van der Waals surface area contributed by atoms with E-state index < -0.39 is 32.2 Å². The van der Waals surface area contributed by atoms with Crippen molar-refractivity contribution < 1.29 is 22.0 Å². The average molecular weight is 383 g/mol. The lowest BCUT2D eigenvalue weighted by Crippen LogP contribution is -2.40. The highest BCUT2D eigenvalue weighted by atomic mass is 32.2. The van der Waals surface area contributed by atoms with Crippen LogP contribution in [0.25, 0.3) is 0 Å². The Bertz CT molecular complexity index is 910. The molecule has 26 heavy (non-hydrogen) atoms. The topological polar surface area (TPSA) is 101 Å². The van der Waals surface area contributed by atoms with E-state index in [1.807, 2.05) is 0 Å². The van der Waals surface area contributed by atoms with Gasteiger partial charge in [-0.1, -0.05) is 0 Å². The highest BCUT2D eigenvalue weighted by molar-refractivity contribution is 7.89. The summed E-state index contributed by atoms with van der Waals surface area (Å²) in [5.41, 5.74) is -0.0529. The number of hydrogen-bond acceptors (Lipinski definition) is 5. The third-order valence-corrected chi connectivity index (χ3v) is 5.17. The molecule has 9 heteroatoms. The molecule has 1 aromatic carbocycles. The second-order valence-electron chi connectivity index (χ2n) is 6.93. The first-order valence-corrected chi connectivity index (χ1v) is 9.42. The SMILES string of the molecule is Cc1nc(CNC(=O)c2ccc(F)c(S(=O)(=O)NC(C)(C)C)c2)oc1C. The summed E-state index contributed by atoms with van der Waals surface area (Å²) in [6.07, 6.45) is 0. The number of benzene rings is 1. The second-order valence-corrected chi connectivity index (χ2v) is 8.58. The second kappa shape index (κ2) is 7.16. The van der Waals surface area contributed by atoms with Crippen LogP contribution < -0.4 is 10.0 Å². The largest absolute Gasteiger partial charge is 0.444 e. The van der Waals surface area contributed by atoms with Crippen LogP contribution in [0.15, 0.2) is 27.5 Å². The first-order valence-electron chi connectivity index (χ1n) is 7.94. The Morgan fingerprint density at radius 2 is 1.92 bits per heavy atom. The van der Waals surface area contributed by atoms with Gasteiger partial charge in [-0.2, -0.15) is 0 Å². The Hall–Kier alpha value is -2.26. The summed E-state index contributed by atoms with van der Waals surface area (Å²) in [7, 11) is -4.11. The average Bonchev–Trinajstić information content (AvgIpc) is 2.81. The molecule has 0 unspecified atom stereocenters. The lowest BCUT2D eigenvalue weighted by molar-refractivity contribution is 0.0947. The normalized spacial score (nSPS) is 12.2. The fraction of sp³-hybridized carbons (Fsp3) is 0.412. The van der Waals surface area contributed by atoms with Gasteiger partial charge in [0, 0.05) is 11.1 Å². The van der Waals surface area contributed by atoms with E-state index in [0.29, 0.717) is 11.7 Å². The summed E-state index contributed by atoms with van der Waals surface area (Å²) in [4.78, 5) is 15.8. The lowest BCUT2D eigenvalue weighted by atomic mass is 10.1. The highest BCUT2D eigenvalue weighted by Crippen LogP contribution is 2.19. The molecule has 2 aromatic rings. The molecule has 0 aliphatic carbocycles. The van der Waals surface area contributed by atoms with E-state index in [4.69, 9.17) is 4.42 Å². The number of sulfonamides is 1. The maximum Gasteiger partial charge on any atom is 0.251 e.